The van der Waals surface area contributed by atoms with Crippen LogP contribution in [0.25, 0.3) is 0 Å². The monoisotopic (exact) mass is 543 g/mol. The molecule has 160 valence electrons. The molecule has 1 aromatic heterocycles. The lowest BCUT2D eigenvalue weighted by molar-refractivity contribution is -0.140. The normalized spacial score (nSPS) is 11.4. The maximum absolute atomic E-state index is 12.6. The molecule has 2 aromatic rings. The van der Waals surface area contributed by atoms with Crippen molar-refractivity contribution in [2.75, 3.05) is 19.0 Å². The van der Waals surface area contributed by atoms with Gasteiger partial charge in [0, 0.05) is 17.6 Å². The van der Waals surface area contributed by atoms with Crippen LogP contribution in [0.15, 0.2) is 34.6 Å². The number of methoxy groups -OCH3 is 1. The molecule has 0 atom stereocenters. The molecule has 0 saturated carbocycles. The van der Waals surface area contributed by atoms with E-state index < -0.39 is 18.0 Å². The van der Waals surface area contributed by atoms with Crippen LogP contribution in [0.3, 0.4) is 0 Å². The fourth-order valence-electron chi connectivity index (χ4n) is 2.06. The topological polar surface area (TPSA) is 87.6 Å². The molecule has 2 rings (SSSR count). The Morgan fingerprint density at radius 1 is 1.24 bits per heavy atom. The molecule has 1 amide bonds. The number of aliphatic imine (C=N–C) groups is 1. The Balaban J connectivity index is 0.00000420. The molecule has 1 aromatic carbocycles. The van der Waals surface area contributed by atoms with Crippen LogP contribution in [0.1, 0.15) is 23.2 Å². The third-order valence-corrected chi connectivity index (χ3v) is 4.25. The SMILES string of the molecule is CCNC(=NCc1ccc(NC(=O)OC)cc1)NCc1nc(C(F)(F)F)cs1.I. The van der Waals surface area contributed by atoms with Gasteiger partial charge in [-0.3, -0.25) is 5.32 Å². The van der Waals surface area contributed by atoms with Crippen molar-refractivity contribution in [3.8, 4) is 0 Å². The summed E-state index contributed by atoms with van der Waals surface area (Å²) < 4.78 is 42.3. The molecule has 0 fully saturated rings. The predicted molar refractivity (Wildman–Crippen MR) is 117 cm³/mol. The number of rotatable bonds is 6. The fraction of sp³-hybridized carbons (Fsp3) is 0.353. The van der Waals surface area contributed by atoms with E-state index in [0.29, 0.717) is 29.7 Å². The number of amides is 1. The van der Waals surface area contributed by atoms with Crippen molar-refractivity contribution in [1.29, 1.82) is 0 Å². The zero-order valence-corrected chi connectivity index (χ0v) is 18.8. The number of nitrogens with one attached hydrogen (secondary N) is 3. The van der Waals surface area contributed by atoms with E-state index in [1.165, 1.54) is 7.11 Å². The van der Waals surface area contributed by atoms with E-state index in [2.05, 4.69) is 30.7 Å². The van der Waals surface area contributed by atoms with Crippen molar-refractivity contribution >= 4 is 53.1 Å². The lowest BCUT2D eigenvalue weighted by atomic mass is 10.2. The Kier molecular flexibility index (Phi) is 10.2. The van der Waals surface area contributed by atoms with Crippen molar-refractivity contribution in [3.63, 3.8) is 0 Å². The number of hydrogen-bond acceptors (Lipinski definition) is 5. The molecule has 3 N–H and O–H groups in total. The molecule has 1 heterocycles. The van der Waals surface area contributed by atoms with E-state index in [1.54, 1.807) is 24.3 Å². The van der Waals surface area contributed by atoms with Crippen LogP contribution in [0, 0.1) is 0 Å². The summed E-state index contributed by atoms with van der Waals surface area (Å²) in [5, 5.41) is 9.84. The molecule has 7 nitrogen and oxygen atoms in total. The van der Waals surface area contributed by atoms with E-state index >= 15 is 0 Å². The van der Waals surface area contributed by atoms with Crippen molar-refractivity contribution in [1.82, 2.24) is 15.6 Å². The average Bonchev–Trinajstić information content (AvgIpc) is 3.14. The van der Waals surface area contributed by atoms with Crippen LogP contribution in [0.2, 0.25) is 0 Å². The summed E-state index contributed by atoms with van der Waals surface area (Å²) in [4.78, 5) is 19.1. The Hall–Kier alpha value is -2.09. The van der Waals surface area contributed by atoms with E-state index in [9.17, 15) is 18.0 Å². The molecule has 0 spiro atoms. The molecule has 0 aliphatic heterocycles. The number of nitrogens with zero attached hydrogens (tertiary/aromatic N) is 2. The number of alkyl halides is 3. The van der Waals surface area contributed by atoms with Crippen LogP contribution in [0.4, 0.5) is 23.7 Å². The number of guanidine groups is 1. The minimum Gasteiger partial charge on any atom is -0.453 e. The Labute approximate surface area is 187 Å². The number of halogens is 4. The summed E-state index contributed by atoms with van der Waals surface area (Å²) in [5.41, 5.74) is 0.590. The highest BCUT2D eigenvalue weighted by molar-refractivity contribution is 14.0. The molecule has 0 bridgehead atoms. The minimum absolute atomic E-state index is 0. The molecule has 0 saturated heterocycles. The van der Waals surface area contributed by atoms with E-state index in [-0.39, 0.29) is 30.5 Å². The number of carbonyl (C=O) groups excluding carboxylic acids is 1. The van der Waals surface area contributed by atoms with Crippen LogP contribution >= 0.6 is 35.3 Å². The molecular weight excluding hydrogens is 522 g/mol. The summed E-state index contributed by atoms with van der Waals surface area (Å²) in [5.74, 6) is 0.461. The van der Waals surface area contributed by atoms with Gasteiger partial charge in [-0.2, -0.15) is 13.2 Å². The Morgan fingerprint density at radius 3 is 2.48 bits per heavy atom. The smallest absolute Gasteiger partial charge is 0.434 e. The number of hydrogen-bond donors (Lipinski definition) is 3. The standard InChI is InChI=1S/C17H20F3N5O2S.HI/c1-3-21-15(23-9-14-25-13(10-28-14)17(18,19)20)22-8-11-4-6-12(7-5-11)24-16(26)27-2;/h4-7,10H,3,8-9H2,1-2H3,(H,24,26)(H2,21,22,23);1H. The van der Waals surface area contributed by atoms with Gasteiger partial charge in [0.1, 0.15) is 5.01 Å². The molecule has 0 radical (unpaired) electrons. The lowest BCUT2D eigenvalue weighted by Crippen LogP contribution is -2.36. The minimum atomic E-state index is -4.44. The highest BCUT2D eigenvalue weighted by Crippen LogP contribution is 2.29. The summed E-state index contributed by atoms with van der Waals surface area (Å²) in [6.45, 7) is 2.96. The number of ether oxygens (including phenoxy) is 1. The zero-order valence-electron chi connectivity index (χ0n) is 15.7. The van der Waals surface area contributed by atoms with Crippen molar-refractivity contribution < 1.29 is 22.7 Å². The molecule has 0 aliphatic carbocycles. The Morgan fingerprint density at radius 2 is 1.93 bits per heavy atom. The second-order valence-corrected chi connectivity index (χ2v) is 6.43. The van der Waals surface area contributed by atoms with Crippen LogP contribution in [0.5, 0.6) is 0 Å². The van der Waals surface area contributed by atoms with E-state index in [0.717, 1.165) is 22.3 Å². The predicted octanol–water partition coefficient (Wildman–Crippen LogP) is 4.21. The van der Waals surface area contributed by atoms with Gasteiger partial charge in [-0.15, -0.1) is 35.3 Å². The summed E-state index contributed by atoms with van der Waals surface area (Å²) in [6.07, 6.45) is -5.00. The van der Waals surface area contributed by atoms with Gasteiger partial charge >= 0.3 is 12.3 Å². The second kappa shape index (κ2) is 11.8. The largest absolute Gasteiger partial charge is 0.453 e. The first-order valence-electron chi connectivity index (χ1n) is 8.29. The first-order valence-corrected chi connectivity index (χ1v) is 9.17. The quantitative estimate of drug-likeness (QED) is 0.289. The first kappa shape index (κ1) is 24.9. The maximum Gasteiger partial charge on any atom is 0.434 e. The van der Waals surface area contributed by atoms with Gasteiger partial charge in [-0.05, 0) is 24.6 Å². The number of aromatic nitrogens is 1. The average molecular weight is 543 g/mol. The molecule has 12 heteroatoms. The second-order valence-electron chi connectivity index (χ2n) is 5.49. The zero-order chi connectivity index (χ0) is 20.6. The van der Waals surface area contributed by atoms with Gasteiger partial charge in [-0.25, -0.2) is 14.8 Å². The van der Waals surface area contributed by atoms with Gasteiger partial charge < -0.3 is 15.4 Å². The van der Waals surface area contributed by atoms with Crippen molar-refractivity contribution in [2.24, 2.45) is 4.99 Å². The number of carbonyl (C=O) groups is 1. The van der Waals surface area contributed by atoms with Gasteiger partial charge in [-0.1, -0.05) is 12.1 Å². The third-order valence-electron chi connectivity index (χ3n) is 3.40. The van der Waals surface area contributed by atoms with Crippen LogP contribution in [-0.2, 0) is 24.0 Å². The third kappa shape index (κ3) is 8.43. The first-order chi connectivity index (χ1) is 13.3. The fourth-order valence-corrected chi connectivity index (χ4v) is 2.80. The Bertz CT molecular complexity index is 812. The van der Waals surface area contributed by atoms with E-state index in [1.807, 2.05) is 6.92 Å². The van der Waals surface area contributed by atoms with Gasteiger partial charge in [0.05, 0.1) is 20.2 Å². The number of benzene rings is 1. The van der Waals surface area contributed by atoms with Crippen molar-refractivity contribution in [2.45, 2.75) is 26.2 Å². The highest BCUT2D eigenvalue weighted by atomic mass is 127. The number of thiazole rings is 1. The maximum atomic E-state index is 12.6. The molecular formula is C17H21F3IN5O2S. The van der Waals surface area contributed by atoms with E-state index in [4.69, 9.17) is 0 Å². The lowest BCUT2D eigenvalue weighted by Gasteiger charge is -2.10. The number of anilines is 1. The van der Waals surface area contributed by atoms with Gasteiger partial charge in [0.25, 0.3) is 0 Å². The highest BCUT2D eigenvalue weighted by Gasteiger charge is 2.33. The molecule has 0 aliphatic rings. The van der Waals surface area contributed by atoms with Crippen LogP contribution in [-0.4, -0.2) is 30.7 Å². The summed E-state index contributed by atoms with van der Waals surface area (Å²) in [6, 6.07) is 7.04. The summed E-state index contributed by atoms with van der Waals surface area (Å²) in [7, 11) is 1.28. The van der Waals surface area contributed by atoms with Crippen molar-refractivity contribution in [3.05, 3.63) is 45.9 Å². The summed E-state index contributed by atoms with van der Waals surface area (Å²) >= 11 is 0.938. The van der Waals surface area contributed by atoms with Crippen LogP contribution < -0.4 is 16.0 Å². The molecule has 0 unspecified atom stereocenters. The van der Waals surface area contributed by atoms with Gasteiger partial charge in [0.2, 0.25) is 0 Å². The molecule has 29 heavy (non-hydrogen) atoms. The van der Waals surface area contributed by atoms with Gasteiger partial charge in [0.15, 0.2) is 11.7 Å².